The van der Waals surface area contributed by atoms with E-state index in [0.29, 0.717) is 5.52 Å². The summed E-state index contributed by atoms with van der Waals surface area (Å²) in [6, 6.07) is 17.3. The predicted octanol–water partition coefficient (Wildman–Crippen LogP) is 2.81. The number of pyridine rings is 1. The lowest BCUT2D eigenvalue weighted by Crippen LogP contribution is -2.44. The van der Waals surface area contributed by atoms with Gasteiger partial charge in [0.25, 0.3) is 5.91 Å². The number of carbonyl (C=O) groups excluding carboxylic acids is 3. The smallest absolute Gasteiger partial charge is 0.341 e. The maximum atomic E-state index is 12.4. The van der Waals surface area contributed by atoms with Crippen LogP contribution in [0.1, 0.15) is 22.8 Å². The molecule has 3 amide bonds. The summed E-state index contributed by atoms with van der Waals surface area (Å²) in [5, 5.41) is 5.52. The number of esters is 1. The monoisotopic (exact) mass is 377 g/mol. The summed E-state index contributed by atoms with van der Waals surface area (Å²) in [4.78, 5) is 40.6. The van der Waals surface area contributed by atoms with Crippen LogP contribution in [0.25, 0.3) is 10.9 Å². The van der Waals surface area contributed by atoms with Crippen LogP contribution in [0.2, 0.25) is 0 Å². The topological polar surface area (TPSA) is 97.4 Å². The largest absolute Gasteiger partial charge is 0.449 e. The Kier molecular flexibility index (Phi) is 5.96. The van der Waals surface area contributed by atoms with Gasteiger partial charge in [-0.15, -0.1) is 0 Å². The van der Waals surface area contributed by atoms with Gasteiger partial charge in [-0.2, -0.15) is 0 Å². The van der Waals surface area contributed by atoms with Crippen molar-refractivity contribution in [3.05, 3.63) is 78.0 Å². The molecule has 7 nitrogen and oxygen atoms in total. The number of amides is 3. The Bertz CT molecular complexity index is 999. The van der Waals surface area contributed by atoms with Crippen LogP contribution in [0, 0.1) is 0 Å². The van der Waals surface area contributed by atoms with Gasteiger partial charge in [0.2, 0.25) is 0 Å². The molecule has 7 heteroatoms. The van der Waals surface area contributed by atoms with Crippen molar-refractivity contribution in [3.8, 4) is 0 Å². The van der Waals surface area contributed by atoms with Crippen LogP contribution in [-0.2, 0) is 16.1 Å². The Labute approximate surface area is 161 Å². The third-order valence-electron chi connectivity index (χ3n) is 4.04. The van der Waals surface area contributed by atoms with Crippen molar-refractivity contribution >= 4 is 28.8 Å². The maximum Gasteiger partial charge on any atom is 0.341 e. The molecule has 0 saturated carbocycles. The van der Waals surface area contributed by atoms with Gasteiger partial charge in [-0.05, 0) is 24.6 Å². The number of carbonyl (C=O) groups is 3. The van der Waals surface area contributed by atoms with Crippen molar-refractivity contribution in [1.29, 1.82) is 0 Å². The second kappa shape index (κ2) is 8.77. The zero-order valence-corrected chi connectivity index (χ0v) is 15.2. The van der Waals surface area contributed by atoms with Gasteiger partial charge in [0.1, 0.15) is 0 Å². The molecule has 28 heavy (non-hydrogen) atoms. The molecular formula is C21H19N3O4. The SMILES string of the molecule is C[C@H](OC(=O)c1cccc2cccnc12)C(=O)NC(=O)NCc1ccccc1. The number of fused-ring (bicyclic) bond motifs is 1. The van der Waals surface area contributed by atoms with Gasteiger partial charge < -0.3 is 10.1 Å². The van der Waals surface area contributed by atoms with Gasteiger partial charge in [-0.3, -0.25) is 15.1 Å². The Hall–Kier alpha value is -3.74. The molecule has 0 aliphatic carbocycles. The fourth-order valence-corrected chi connectivity index (χ4v) is 2.58. The number of hydrogen-bond donors (Lipinski definition) is 2. The van der Waals surface area contributed by atoms with Crippen LogP contribution >= 0.6 is 0 Å². The molecule has 0 aliphatic heterocycles. The number of benzene rings is 2. The third-order valence-corrected chi connectivity index (χ3v) is 4.04. The second-order valence-corrected chi connectivity index (χ2v) is 6.09. The fourth-order valence-electron chi connectivity index (χ4n) is 2.58. The molecule has 2 N–H and O–H groups in total. The molecule has 142 valence electrons. The van der Waals surface area contributed by atoms with Crippen molar-refractivity contribution in [2.45, 2.75) is 19.6 Å². The summed E-state index contributed by atoms with van der Waals surface area (Å²) in [7, 11) is 0. The van der Waals surface area contributed by atoms with Gasteiger partial charge >= 0.3 is 12.0 Å². The molecule has 1 atom stereocenters. The van der Waals surface area contributed by atoms with Crippen molar-refractivity contribution in [2.24, 2.45) is 0 Å². The van der Waals surface area contributed by atoms with E-state index in [4.69, 9.17) is 4.74 Å². The van der Waals surface area contributed by atoms with Crippen LogP contribution < -0.4 is 10.6 Å². The lowest BCUT2D eigenvalue weighted by atomic mass is 10.1. The quantitative estimate of drug-likeness (QED) is 0.667. The minimum absolute atomic E-state index is 0.256. The minimum Gasteiger partial charge on any atom is -0.449 e. The van der Waals surface area contributed by atoms with Crippen molar-refractivity contribution in [1.82, 2.24) is 15.6 Å². The van der Waals surface area contributed by atoms with Crippen molar-refractivity contribution < 1.29 is 19.1 Å². The lowest BCUT2D eigenvalue weighted by molar-refractivity contribution is -0.127. The van der Waals surface area contributed by atoms with E-state index in [-0.39, 0.29) is 12.1 Å². The highest BCUT2D eigenvalue weighted by Crippen LogP contribution is 2.17. The van der Waals surface area contributed by atoms with E-state index in [1.54, 1.807) is 24.4 Å². The highest BCUT2D eigenvalue weighted by Gasteiger charge is 2.22. The number of imide groups is 1. The molecule has 1 aromatic heterocycles. The van der Waals surface area contributed by atoms with Crippen LogP contribution in [0.15, 0.2) is 66.9 Å². The van der Waals surface area contributed by atoms with Crippen molar-refractivity contribution in [2.75, 3.05) is 0 Å². The number of para-hydroxylation sites is 1. The van der Waals surface area contributed by atoms with Gasteiger partial charge in [0, 0.05) is 18.1 Å². The summed E-state index contributed by atoms with van der Waals surface area (Å²) < 4.78 is 5.20. The summed E-state index contributed by atoms with van der Waals surface area (Å²) in [6.07, 6.45) is 0.431. The van der Waals surface area contributed by atoms with Gasteiger partial charge in [-0.25, -0.2) is 9.59 Å². The number of urea groups is 1. The molecule has 0 aliphatic rings. The normalized spacial score (nSPS) is 11.5. The zero-order chi connectivity index (χ0) is 19.9. The molecule has 0 saturated heterocycles. The van der Waals surface area contributed by atoms with Gasteiger partial charge in [0.15, 0.2) is 6.10 Å². The number of nitrogens with one attached hydrogen (secondary N) is 2. The number of nitrogens with zero attached hydrogens (tertiary/aromatic N) is 1. The van der Waals surface area contributed by atoms with Crippen LogP contribution in [0.5, 0.6) is 0 Å². The molecule has 3 rings (SSSR count). The summed E-state index contributed by atoms with van der Waals surface area (Å²) in [6.45, 7) is 1.67. The highest BCUT2D eigenvalue weighted by molar-refractivity contribution is 6.04. The number of aromatic nitrogens is 1. The van der Waals surface area contributed by atoms with Crippen LogP contribution in [0.3, 0.4) is 0 Å². The summed E-state index contributed by atoms with van der Waals surface area (Å²) >= 11 is 0. The molecule has 0 bridgehead atoms. The van der Waals surface area contributed by atoms with E-state index in [9.17, 15) is 14.4 Å². The number of rotatable bonds is 5. The summed E-state index contributed by atoms with van der Waals surface area (Å²) in [5.41, 5.74) is 1.64. The fraction of sp³-hybridized carbons (Fsp3) is 0.143. The van der Waals surface area contributed by atoms with Gasteiger partial charge in [-0.1, -0.05) is 48.5 Å². The first-order valence-corrected chi connectivity index (χ1v) is 8.72. The molecule has 0 spiro atoms. The van der Waals surface area contributed by atoms with Crippen molar-refractivity contribution in [3.63, 3.8) is 0 Å². The highest BCUT2D eigenvalue weighted by atomic mass is 16.5. The van der Waals surface area contributed by atoms with E-state index in [2.05, 4.69) is 15.6 Å². The summed E-state index contributed by atoms with van der Waals surface area (Å²) in [5.74, 6) is -1.40. The predicted molar refractivity (Wildman–Crippen MR) is 103 cm³/mol. The van der Waals surface area contributed by atoms with E-state index >= 15 is 0 Å². The standard InChI is InChI=1S/C21H19N3O4/c1-14(19(25)24-21(27)23-13-15-7-3-2-4-8-15)28-20(26)17-11-5-9-16-10-6-12-22-18(16)17/h2-12,14H,13H2,1H3,(H2,23,24,25,27)/t14-/m0/s1. The molecule has 2 aromatic carbocycles. The molecule has 0 unspecified atom stereocenters. The Morgan fingerprint density at radius 2 is 1.75 bits per heavy atom. The first-order chi connectivity index (χ1) is 13.5. The van der Waals surface area contributed by atoms with E-state index in [1.807, 2.05) is 42.5 Å². The second-order valence-electron chi connectivity index (χ2n) is 6.09. The van der Waals surface area contributed by atoms with Crippen LogP contribution in [0.4, 0.5) is 4.79 Å². The van der Waals surface area contributed by atoms with E-state index < -0.39 is 24.0 Å². The zero-order valence-electron chi connectivity index (χ0n) is 15.2. The Morgan fingerprint density at radius 1 is 1.00 bits per heavy atom. The number of ether oxygens (including phenoxy) is 1. The average Bonchev–Trinajstić information content (AvgIpc) is 2.72. The lowest BCUT2D eigenvalue weighted by Gasteiger charge is -2.14. The maximum absolute atomic E-state index is 12.4. The molecule has 1 heterocycles. The molecule has 0 radical (unpaired) electrons. The number of hydrogen-bond acceptors (Lipinski definition) is 5. The Morgan fingerprint density at radius 3 is 2.54 bits per heavy atom. The van der Waals surface area contributed by atoms with E-state index in [1.165, 1.54) is 6.92 Å². The average molecular weight is 377 g/mol. The van der Waals surface area contributed by atoms with E-state index in [0.717, 1.165) is 10.9 Å². The Balaban J connectivity index is 1.56. The minimum atomic E-state index is -1.14. The molecule has 0 fully saturated rings. The first-order valence-electron chi connectivity index (χ1n) is 8.72. The van der Waals surface area contributed by atoms with Gasteiger partial charge in [0.05, 0.1) is 11.1 Å². The molecular weight excluding hydrogens is 358 g/mol. The first kappa shape index (κ1) is 19.0. The van der Waals surface area contributed by atoms with Crippen LogP contribution in [-0.4, -0.2) is 29.0 Å². The molecule has 3 aromatic rings. The third kappa shape index (κ3) is 4.70.